The molecule has 0 aliphatic carbocycles. The lowest BCUT2D eigenvalue weighted by Gasteiger charge is -2.14. The normalized spacial score (nSPS) is 11.6. The van der Waals surface area contributed by atoms with Crippen molar-refractivity contribution in [2.45, 2.75) is 25.2 Å². The number of hydrogen-bond acceptors (Lipinski definition) is 3. The summed E-state index contributed by atoms with van der Waals surface area (Å²) in [5, 5.41) is 6.14. The Morgan fingerprint density at radius 3 is 2.25 bits per heavy atom. The van der Waals surface area contributed by atoms with Crippen molar-refractivity contribution in [3.05, 3.63) is 69.8 Å². The number of nitrogens with zero attached hydrogens (tertiary/aromatic N) is 1. The highest BCUT2D eigenvalue weighted by molar-refractivity contribution is 7.89. The third kappa shape index (κ3) is 3.86. The molecular weight excluding hydrogens is 419 g/mol. The zero-order chi connectivity index (χ0) is 20.6. The van der Waals surface area contributed by atoms with Gasteiger partial charge in [0.1, 0.15) is 0 Å². The van der Waals surface area contributed by atoms with E-state index in [0.717, 1.165) is 5.69 Å². The molecule has 0 saturated heterocycles. The van der Waals surface area contributed by atoms with E-state index in [-0.39, 0.29) is 10.7 Å². The van der Waals surface area contributed by atoms with E-state index in [4.69, 9.17) is 28.3 Å². The molecule has 5 nitrogen and oxygen atoms in total. The molecule has 2 N–H and O–H groups in total. The maximum absolute atomic E-state index is 12.4. The van der Waals surface area contributed by atoms with Gasteiger partial charge in [0.15, 0.2) is 5.78 Å². The molecule has 3 aromatic rings. The lowest BCUT2D eigenvalue weighted by Crippen LogP contribution is -2.12. The number of Topliss-reactive ketones (excluding diaryl/α,β-unsaturated/α-hetero) is 1. The summed E-state index contributed by atoms with van der Waals surface area (Å²) in [6, 6.07) is 13.1. The van der Waals surface area contributed by atoms with Crippen LogP contribution in [-0.4, -0.2) is 18.8 Å². The Kier molecular flexibility index (Phi) is 5.68. The number of ketones is 1. The molecule has 0 fully saturated rings. The number of sulfonamides is 1. The van der Waals surface area contributed by atoms with Gasteiger partial charge in [-0.05, 0) is 55.5 Å². The van der Waals surface area contributed by atoms with E-state index >= 15 is 0 Å². The summed E-state index contributed by atoms with van der Waals surface area (Å²) in [5.41, 5.74) is 3.41. The predicted molar refractivity (Wildman–Crippen MR) is 112 cm³/mol. The van der Waals surface area contributed by atoms with Crippen molar-refractivity contribution in [1.82, 2.24) is 4.57 Å². The van der Waals surface area contributed by atoms with Gasteiger partial charge in [0.2, 0.25) is 10.0 Å². The number of carbonyl (C=O) groups excluding carboxylic acids is 1. The molecule has 1 heterocycles. The highest BCUT2D eigenvalue weighted by atomic mass is 35.5. The molecule has 0 atom stereocenters. The zero-order valence-corrected chi connectivity index (χ0v) is 17.6. The van der Waals surface area contributed by atoms with Crippen molar-refractivity contribution in [3.63, 3.8) is 0 Å². The Bertz CT molecular complexity index is 1170. The summed E-state index contributed by atoms with van der Waals surface area (Å²) in [7, 11) is -3.80. The third-order valence-electron chi connectivity index (χ3n) is 4.50. The van der Waals surface area contributed by atoms with Gasteiger partial charge in [-0.25, -0.2) is 13.6 Å². The molecule has 0 saturated carbocycles. The number of carbonyl (C=O) groups is 1. The van der Waals surface area contributed by atoms with Gasteiger partial charge in [-0.2, -0.15) is 0 Å². The van der Waals surface area contributed by atoms with E-state index in [0.29, 0.717) is 39.0 Å². The van der Waals surface area contributed by atoms with Gasteiger partial charge in [0.05, 0.1) is 15.6 Å². The maximum atomic E-state index is 12.4. The predicted octanol–water partition coefficient (Wildman–Crippen LogP) is 5.00. The molecule has 0 unspecified atom stereocenters. The zero-order valence-electron chi connectivity index (χ0n) is 15.2. The Morgan fingerprint density at radius 1 is 1.07 bits per heavy atom. The number of nitrogens with two attached hydrogens (primary N) is 1. The van der Waals surface area contributed by atoms with Gasteiger partial charge in [-0.1, -0.05) is 30.1 Å². The van der Waals surface area contributed by atoms with Crippen molar-refractivity contribution < 1.29 is 13.2 Å². The third-order valence-corrected chi connectivity index (χ3v) is 5.98. The number of rotatable bonds is 5. The average Bonchev–Trinajstić information content (AvgIpc) is 2.97. The van der Waals surface area contributed by atoms with E-state index in [1.165, 1.54) is 12.1 Å². The van der Waals surface area contributed by atoms with Crippen molar-refractivity contribution >= 4 is 39.0 Å². The Labute approximate surface area is 173 Å². The fraction of sp³-hybridized carbons (Fsp3) is 0.150. The molecule has 0 bridgehead atoms. The summed E-state index contributed by atoms with van der Waals surface area (Å²) >= 11 is 12.4. The number of primary sulfonamides is 1. The van der Waals surface area contributed by atoms with Gasteiger partial charge in [-0.3, -0.25) is 4.79 Å². The Morgan fingerprint density at radius 2 is 1.71 bits per heavy atom. The lowest BCUT2D eigenvalue weighted by molar-refractivity contribution is 0.0987. The van der Waals surface area contributed by atoms with E-state index < -0.39 is 10.0 Å². The van der Waals surface area contributed by atoms with E-state index in [1.54, 1.807) is 43.3 Å². The molecule has 1 aromatic heterocycles. The number of hydrogen-bond donors (Lipinski definition) is 1. The number of aromatic nitrogens is 1. The van der Waals surface area contributed by atoms with Crippen molar-refractivity contribution in [3.8, 4) is 16.9 Å². The average molecular weight is 437 g/mol. The second-order valence-corrected chi connectivity index (χ2v) is 8.71. The van der Waals surface area contributed by atoms with Crippen LogP contribution >= 0.6 is 23.2 Å². The molecule has 0 spiro atoms. The highest BCUT2D eigenvalue weighted by Gasteiger charge is 2.20. The molecule has 3 rings (SSSR count). The van der Waals surface area contributed by atoms with Crippen LogP contribution in [0.5, 0.6) is 0 Å². The Balaban J connectivity index is 2.27. The van der Waals surface area contributed by atoms with Crippen LogP contribution in [0.15, 0.2) is 53.4 Å². The number of halogens is 2. The van der Waals surface area contributed by atoms with Crippen molar-refractivity contribution in [2.75, 3.05) is 0 Å². The summed E-state index contributed by atoms with van der Waals surface area (Å²) in [6.45, 7) is 3.64. The quantitative estimate of drug-likeness (QED) is 0.571. The minimum atomic E-state index is -3.80. The second-order valence-electron chi connectivity index (χ2n) is 6.30. The largest absolute Gasteiger partial charge is 0.313 e. The molecular formula is C20H18Cl2N2O3S. The number of benzene rings is 2. The van der Waals surface area contributed by atoms with Crippen LogP contribution < -0.4 is 5.14 Å². The topological polar surface area (TPSA) is 82.2 Å². The Hall–Kier alpha value is -2.12. The van der Waals surface area contributed by atoms with Crippen LogP contribution in [0.1, 0.15) is 29.4 Å². The first-order valence-electron chi connectivity index (χ1n) is 8.47. The molecule has 2 aromatic carbocycles. The van der Waals surface area contributed by atoms with Crippen LogP contribution in [0.2, 0.25) is 10.0 Å². The fourth-order valence-electron chi connectivity index (χ4n) is 3.09. The van der Waals surface area contributed by atoms with Gasteiger partial charge in [-0.15, -0.1) is 0 Å². The smallest absolute Gasteiger partial charge is 0.238 e. The first-order valence-corrected chi connectivity index (χ1v) is 10.8. The molecule has 0 amide bonds. The van der Waals surface area contributed by atoms with Crippen LogP contribution in [0, 0.1) is 6.92 Å². The first-order chi connectivity index (χ1) is 13.1. The lowest BCUT2D eigenvalue weighted by atomic mass is 10.1. The molecule has 146 valence electrons. The SMILES string of the molecule is CCC(=O)c1cc(-c2ccc(Cl)cc2Cl)n(-c2ccc(S(N)(=O)=O)cc2)c1C. The first kappa shape index (κ1) is 20.6. The van der Waals surface area contributed by atoms with Crippen LogP contribution in [0.3, 0.4) is 0 Å². The summed E-state index contributed by atoms with van der Waals surface area (Å²) in [5.74, 6) is 0.00346. The summed E-state index contributed by atoms with van der Waals surface area (Å²) < 4.78 is 24.9. The molecule has 28 heavy (non-hydrogen) atoms. The van der Waals surface area contributed by atoms with Crippen molar-refractivity contribution in [1.29, 1.82) is 0 Å². The van der Waals surface area contributed by atoms with Crippen LogP contribution in [0.25, 0.3) is 16.9 Å². The summed E-state index contributed by atoms with van der Waals surface area (Å²) in [6.07, 6.45) is 0.364. The second kappa shape index (κ2) is 7.72. The van der Waals surface area contributed by atoms with Gasteiger partial charge in [0, 0.05) is 34.0 Å². The van der Waals surface area contributed by atoms with Crippen molar-refractivity contribution in [2.24, 2.45) is 5.14 Å². The van der Waals surface area contributed by atoms with E-state index in [9.17, 15) is 13.2 Å². The van der Waals surface area contributed by atoms with Gasteiger partial charge < -0.3 is 4.57 Å². The van der Waals surface area contributed by atoms with E-state index in [1.807, 2.05) is 11.5 Å². The van der Waals surface area contributed by atoms with Crippen LogP contribution in [-0.2, 0) is 10.0 Å². The molecule has 0 radical (unpaired) electrons. The fourth-order valence-corrected chi connectivity index (χ4v) is 4.11. The van der Waals surface area contributed by atoms with Crippen LogP contribution in [0.4, 0.5) is 0 Å². The minimum absolute atomic E-state index is 0.00346. The molecule has 0 aliphatic rings. The van der Waals surface area contributed by atoms with Gasteiger partial charge in [0.25, 0.3) is 0 Å². The highest BCUT2D eigenvalue weighted by Crippen LogP contribution is 2.35. The van der Waals surface area contributed by atoms with Gasteiger partial charge >= 0.3 is 0 Å². The monoisotopic (exact) mass is 436 g/mol. The standard InChI is InChI=1S/C20H18Cl2N2O3S/c1-3-20(25)17-11-19(16-9-4-13(21)10-18(16)22)24(12(17)2)14-5-7-15(8-6-14)28(23,26)27/h4-11H,3H2,1-2H3,(H2,23,26,27). The molecule has 8 heteroatoms. The molecule has 0 aliphatic heterocycles. The minimum Gasteiger partial charge on any atom is -0.313 e. The van der Waals surface area contributed by atoms with E-state index in [2.05, 4.69) is 0 Å². The summed E-state index contributed by atoms with van der Waals surface area (Å²) in [4.78, 5) is 12.4. The maximum Gasteiger partial charge on any atom is 0.238 e.